The average Bonchev–Trinajstić information content (AvgIpc) is 3.05. The molecule has 1 aromatic heterocycles. The van der Waals surface area contributed by atoms with Crippen LogP contribution in [0.1, 0.15) is 29.4 Å². The Morgan fingerprint density at radius 2 is 1.59 bits per heavy atom. The van der Waals surface area contributed by atoms with Crippen LogP contribution in [0.3, 0.4) is 0 Å². The van der Waals surface area contributed by atoms with E-state index in [9.17, 15) is 14.4 Å². The Bertz CT molecular complexity index is 1350. The first-order valence-electron chi connectivity index (χ1n) is 10.6. The van der Waals surface area contributed by atoms with Crippen LogP contribution >= 0.6 is 12.2 Å². The van der Waals surface area contributed by atoms with Crippen LogP contribution in [0, 0.1) is 20.8 Å². The maximum absolute atomic E-state index is 13.3. The van der Waals surface area contributed by atoms with E-state index in [1.54, 1.807) is 30.3 Å². The van der Waals surface area contributed by atoms with E-state index >= 15 is 0 Å². The van der Waals surface area contributed by atoms with Crippen LogP contribution in [0.25, 0.3) is 11.8 Å². The summed E-state index contributed by atoms with van der Waals surface area (Å²) >= 11 is 5.28. The molecule has 1 fully saturated rings. The zero-order chi connectivity index (χ0) is 24.6. The summed E-state index contributed by atoms with van der Waals surface area (Å²) in [7, 11) is 0. The molecule has 0 bridgehead atoms. The molecule has 1 aliphatic heterocycles. The molecular formula is C26H23N3O4S. The van der Waals surface area contributed by atoms with Crippen molar-refractivity contribution in [3.8, 4) is 11.4 Å². The van der Waals surface area contributed by atoms with Crippen LogP contribution in [0.15, 0.2) is 60.2 Å². The van der Waals surface area contributed by atoms with Crippen LogP contribution in [-0.4, -0.2) is 27.5 Å². The Morgan fingerprint density at radius 1 is 0.971 bits per heavy atom. The maximum atomic E-state index is 13.3. The molecule has 1 N–H and O–H groups in total. The van der Waals surface area contributed by atoms with Gasteiger partial charge in [0.15, 0.2) is 5.11 Å². The lowest BCUT2D eigenvalue weighted by Crippen LogP contribution is -2.54. The lowest BCUT2D eigenvalue weighted by molar-refractivity contribution is -0.132. The van der Waals surface area contributed by atoms with Gasteiger partial charge in [0, 0.05) is 24.0 Å². The number of benzene rings is 2. The topological polar surface area (TPSA) is 80.6 Å². The van der Waals surface area contributed by atoms with E-state index in [-0.39, 0.29) is 16.7 Å². The van der Waals surface area contributed by atoms with Gasteiger partial charge < -0.3 is 9.30 Å². The monoisotopic (exact) mass is 473 g/mol. The summed E-state index contributed by atoms with van der Waals surface area (Å²) in [5.74, 6) is -0.940. The molecule has 172 valence electrons. The molecule has 0 atom stereocenters. The highest BCUT2D eigenvalue weighted by Gasteiger charge is 2.34. The molecule has 0 radical (unpaired) electrons. The SMILES string of the molecule is CC(=O)Oc1ccc(-n2c(C)cc(/C=C3\C(=O)NC(=S)N(c4ccc(C)cc4)C3=O)c2C)cc1. The lowest BCUT2D eigenvalue weighted by atomic mass is 10.1. The number of anilines is 1. The quantitative estimate of drug-likeness (QED) is 0.202. The molecule has 2 aromatic carbocycles. The minimum absolute atomic E-state index is 0.000342. The molecule has 3 aromatic rings. The fourth-order valence-electron chi connectivity index (χ4n) is 3.90. The van der Waals surface area contributed by atoms with Gasteiger partial charge >= 0.3 is 5.97 Å². The van der Waals surface area contributed by atoms with Crippen molar-refractivity contribution < 1.29 is 19.1 Å². The van der Waals surface area contributed by atoms with Gasteiger partial charge in [0.25, 0.3) is 11.8 Å². The van der Waals surface area contributed by atoms with E-state index < -0.39 is 11.8 Å². The number of ether oxygens (including phenoxy) is 1. The zero-order valence-electron chi connectivity index (χ0n) is 19.2. The third-order valence-electron chi connectivity index (χ3n) is 5.52. The van der Waals surface area contributed by atoms with Crippen LogP contribution in [-0.2, 0) is 14.4 Å². The number of hydrogen-bond donors (Lipinski definition) is 1. The molecule has 0 aliphatic carbocycles. The van der Waals surface area contributed by atoms with E-state index in [0.29, 0.717) is 11.4 Å². The lowest BCUT2D eigenvalue weighted by Gasteiger charge is -2.29. The number of nitrogens with zero attached hydrogens (tertiary/aromatic N) is 2. The number of carbonyl (C=O) groups excluding carboxylic acids is 3. The van der Waals surface area contributed by atoms with Crippen LogP contribution in [0.5, 0.6) is 5.75 Å². The number of esters is 1. The molecule has 0 saturated carbocycles. The highest BCUT2D eigenvalue weighted by atomic mass is 32.1. The van der Waals surface area contributed by atoms with E-state index in [4.69, 9.17) is 17.0 Å². The van der Waals surface area contributed by atoms with Gasteiger partial charge in [-0.2, -0.15) is 0 Å². The normalized spacial score (nSPS) is 15.0. The first kappa shape index (κ1) is 23.1. The van der Waals surface area contributed by atoms with Crippen molar-refractivity contribution in [2.24, 2.45) is 0 Å². The first-order valence-corrected chi connectivity index (χ1v) is 11.0. The van der Waals surface area contributed by atoms with Gasteiger partial charge in [-0.1, -0.05) is 17.7 Å². The number of amides is 2. The van der Waals surface area contributed by atoms with Crippen molar-refractivity contribution >= 4 is 46.9 Å². The minimum atomic E-state index is -0.533. The van der Waals surface area contributed by atoms with Gasteiger partial charge in [-0.25, -0.2) is 0 Å². The van der Waals surface area contributed by atoms with E-state index in [1.807, 2.05) is 55.7 Å². The largest absolute Gasteiger partial charge is 0.427 e. The second kappa shape index (κ2) is 9.07. The smallest absolute Gasteiger partial charge is 0.308 e. The Labute approximate surface area is 202 Å². The third kappa shape index (κ3) is 4.40. The van der Waals surface area contributed by atoms with Gasteiger partial charge in [0.1, 0.15) is 11.3 Å². The summed E-state index contributed by atoms with van der Waals surface area (Å²) in [6, 6.07) is 16.4. The van der Waals surface area contributed by atoms with E-state index in [2.05, 4.69) is 5.32 Å². The second-order valence-corrected chi connectivity index (χ2v) is 8.43. The fraction of sp³-hybridized carbons (Fsp3) is 0.154. The van der Waals surface area contributed by atoms with Crippen molar-refractivity contribution in [1.82, 2.24) is 9.88 Å². The summed E-state index contributed by atoms with van der Waals surface area (Å²) in [6.07, 6.45) is 1.59. The number of hydrogen-bond acceptors (Lipinski definition) is 5. The summed E-state index contributed by atoms with van der Waals surface area (Å²) in [5, 5.41) is 2.67. The van der Waals surface area contributed by atoms with Crippen molar-refractivity contribution in [3.63, 3.8) is 0 Å². The van der Waals surface area contributed by atoms with E-state index in [1.165, 1.54) is 11.8 Å². The first-order chi connectivity index (χ1) is 16.2. The van der Waals surface area contributed by atoms with Crippen LogP contribution in [0.4, 0.5) is 5.69 Å². The third-order valence-corrected chi connectivity index (χ3v) is 5.81. The highest BCUT2D eigenvalue weighted by molar-refractivity contribution is 7.80. The summed E-state index contributed by atoms with van der Waals surface area (Å²) in [4.78, 5) is 38.5. The molecule has 2 amide bonds. The van der Waals surface area contributed by atoms with Crippen molar-refractivity contribution in [1.29, 1.82) is 0 Å². The zero-order valence-corrected chi connectivity index (χ0v) is 20.0. The number of nitrogens with one attached hydrogen (secondary N) is 1. The highest BCUT2D eigenvalue weighted by Crippen LogP contribution is 2.27. The average molecular weight is 474 g/mol. The summed E-state index contributed by atoms with van der Waals surface area (Å²) in [6.45, 7) is 7.15. The number of thiocarbonyl (C=S) groups is 1. The van der Waals surface area contributed by atoms with Gasteiger partial charge in [0.05, 0.1) is 5.69 Å². The Balaban J connectivity index is 1.70. The summed E-state index contributed by atoms with van der Waals surface area (Å²) < 4.78 is 7.10. The predicted octanol–water partition coefficient (Wildman–Crippen LogP) is 4.16. The number of carbonyl (C=O) groups is 3. The van der Waals surface area contributed by atoms with Crippen molar-refractivity contribution in [2.45, 2.75) is 27.7 Å². The van der Waals surface area contributed by atoms with Gasteiger partial charge in [0.2, 0.25) is 0 Å². The Morgan fingerprint density at radius 3 is 2.21 bits per heavy atom. The molecule has 0 unspecified atom stereocenters. The van der Waals surface area contributed by atoms with Gasteiger partial charge in [-0.3, -0.25) is 24.6 Å². The van der Waals surface area contributed by atoms with Crippen molar-refractivity contribution in [2.75, 3.05) is 4.90 Å². The molecular weight excluding hydrogens is 450 g/mol. The molecule has 7 nitrogen and oxygen atoms in total. The maximum Gasteiger partial charge on any atom is 0.308 e. The van der Waals surface area contributed by atoms with Crippen molar-refractivity contribution in [3.05, 3.63) is 82.7 Å². The molecule has 0 spiro atoms. The molecule has 4 rings (SSSR count). The molecule has 1 aliphatic rings. The van der Waals surface area contributed by atoms with Crippen LogP contribution in [0.2, 0.25) is 0 Å². The molecule has 2 heterocycles. The van der Waals surface area contributed by atoms with Gasteiger partial charge in [-0.15, -0.1) is 0 Å². The Kier molecular flexibility index (Phi) is 6.17. The Hall–Kier alpha value is -4.04. The molecule has 34 heavy (non-hydrogen) atoms. The second-order valence-electron chi connectivity index (χ2n) is 8.04. The number of rotatable bonds is 4. The molecule has 8 heteroatoms. The fourth-order valence-corrected chi connectivity index (χ4v) is 4.18. The van der Waals surface area contributed by atoms with Gasteiger partial charge in [-0.05, 0) is 87.1 Å². The van der Waals surface area contributed by atoms with Crippen LogP contribution < -0.4 is 15.0 Å². The summed E-state index contributed by atoms with van der Waals surface area (Å²) in [5.41, 5.74) is 4.99. The number of aryl methyl sites for hydroxylation is 2. The molecule has 1 saturated heterocycles. The standard InChI is InChI=1S/C26H23N3O4S/c1-15-5-7-21(8-6-15)29-25(32)23(24(31)27-26(29)34)14-19-13-16(2)28(17(19)3)20-9-11-22(12-10-20)33-18(4)30/h5-14H,1-4H3,(H,27,31,34)/b23-14+. The number of aromatic nitrogens is 1. The van der Waals surface area contributed by atoms with E-state index in [0.717, 1.165) is 28.2 Å². The predicted molar refractivity (Wildman–Crippen MR) is 134 cm³/mol. The minimum Gasteiger partial charge on any atom is -0.427 e.